The molecule has 0 saturated carbocycles. The molecule has 0 unspecified atom stereocenters. The molecule has 0 radical (unpaired) electrons. The van der Waals surface area contributed by atoms with Crippen LogP contribution in [0.4, 0.5) is 5.82 Å². The molecule has 1 amide bonds. The topological polar surface area (TPSA) is 64.0 Å². The van der Waals surface area contributed by atoms with E-state index in [2.05, 4.69) is 43.2 Å². The van der Waals surface area contributed by atoms with E-state index in [9.17, 15) is 9.59 Å². The summed E-state index contributed by atoms with van der Waals surface area (Å²) in [5, 5.41) is 2.63. The van der Waals surface area contributed by atoms with Crippen molar-refractivity contribution in [2.75, 3.05) is 11.1 Å². The Morgan fingerprint density at radius 3 is 2.43 bits per heavy atom. The first-order chi connectivity index (χ1) is 10.8. The van der Waals surface area contributed by atoms with Crippen molar-refractivity contribution in [3.8, 4) is 0 Å². The summed E-state index contributed by atoms with van der Waals surface area (Å²) in [6, 6.07) is 9.82. The summed E-state index contributed by atoms with van der Waals surface area (Å²) < 4.78 is 1.35. The van der Waals surface area contributed by atoms with Crippen LogP contribution in [0.1, 0.15) is 26.3 Å². The van der Waals surface area contributed by atoms with Crippen molar-refractivity contribution >= 4 is 23.5 Å². The van der Waals surface area contributed by atoms with Crippen LogP contribution in [0.5, 0.6) is 0 Å². The largest absolute Gasteiger partial charge is 0.349 e. The van der Waals surface area contributed by atoms with E-state index in [0.717, 1.165) is 4.90 Å². The number of rotatable bonds is 4. The molecule has 0 aliphatic rings. The van der Waals surface area contributed by atoms with E-state index in [1.165, 1.54) is 21.9 Å². The fraction of sp³-hybridized carbons (Fsp3) is 0.353. The number of amides is 1. The van der Waals surface area contributed by atoms with Gasteiger partial charge in [0, 0.05) is 18.1 Å². The lowest BCUT2D eigenvalue weighted by molar-refractivity contribution is -0.113. The fourth-order valence-corrected chi connectivity index (χ4v) is 2.61. The Balaban J connectivity index is 1.91. The number of thioether (sulfide) groups is 1. The van der Waals surface area contributed by atoms with E-state index < -0.39 is 5.69 Å². The van der Waals surface area contributed by atoms with Gasteiger partial charge in [0.05, 0.1) is 5.75 Å². The SMILES string of the molecule is Cn1ccc(NC(=O)CSc2ccc(C(C)(C)C)cc2)nc1=O. The second-order valence-electron chi connectivity index (χ2n) is 6.32. The molecule has 0 spiro atoms. The molecule has 0 aliphatic heterocycles. The number of nitrogens with one attached hydrogen (secondary N) is 1. The molecule has 0 atom stereocenters. The van der Waals surface area contributed by atoms with Crippen LogP contribution < -0.4 is 11.0 Å². The van der Waals surface area contributed by atoms with Crippen LogP contribution in [-0.2, 0) is 17.3 Å². The number of hydrogen-bond acceptors (Lipinski definition) is 4. The van der Waals surface area contributed by atoms with Gasteiger partial charge < -0.3 is 9.88 Å². The summed E-state index contributed by atoms with van der Waals surface area (Å²) >= 11 is 1.45. The molecule has 1 aromatic carbocycles. The van der Waals surface area contributed by atoms with Crippen LogP contribution in [-0.4, -0.2) is 21.2 Å². The normalized spacial score (nSPS) is 11.3. The minimum Gasteiger partial charge on any atom is -0.310 e. The number of benzene rings is 1. The zero-order valence-corrected chi connectivity index (χ0v) is 14.6. The Labute approximate surface area is 140 Å². The van der Waals surface area contributed by atoms with Crippen LogP contribution in [0.15, 0.2) is 46.2 Å². The van der Waals surface area contributed by atoms with Gasteiger partial charge in [-0.25, -0.2) is 4.79 Å². The lowest BCUT2D eigenvalue weighted by Crippen LogP contribution is -2.23. The summed E-state index contributed by atoms with van der Waals surface area (Å²) in [7, 11) is 1.61. The van der Waals surface area contributed by atoms with Crippen LogP contribution in [0.3, 0.4) is 0 Å². The maximum absolute atomic E-state index is 11.9. The zero-order valence-electron chi connectivity index (χ0n) is 13.8. The predicted octanol–water partition coefficient (Wildman–Crippen LogP) is 2.81. The first kappa shape index (κ1) is 17.3. The number of aromatic nitrogens is 2. The molecular weight excluding hydrogens is 310 g/mol. The van der Waals surface area contributed by atoms with E-state index in [1.54, 1.807) is 19.3 Å². The van der Waals surface area contributed by atoms with Crippen molar-refractivity contribution in [1.82, 2.24) is 9.55 Å². The molecule has 0 saturated heterocycles. The summed E-state index contributed by atoms with van der Waals surface area (Å²) in [6.07, 6.45) is 1.57. The molecule has 1 aromatic heterocycles. The minimum atomic E-state index is -0.395. The van der Waals surface area contributed by atoms with Gasteiger partial charge in [0.1, 0.15) is 5.82 Å². The summed E-state index contributed by atoms with van der Waals surface area (Å²) in [5.74, 6) is 0.364. The predicted molar refractivity (Wildman–Crippen MR) is 94.0 cm³/mol. The average molecular weight is 331 g/mol. The van der Waals surface area contributed by atoms with E-state index in [-0.39, 0.29) is 22.9 Å². The van der Waals surface area contributed by atoms with Gasteiger partial charge >= 0.3 is 5.69 Å². The monoisotopic (exact) mass is 331 g/mol. The van der Waals surface area contributed by atoms with Crippen LogP contribution in [0.2, 0.25) is 0 Å². The highest BCUT2D eigenvalue weighted by Crippen LogP contribution is 2.25. The Morgan fingerprint density at radius 1 is 1.22 bits per heavy atom. The molecule has 0 fully saturated rings. The maximum atomic E-state index is 11.9. The van der Waals surface area contributed by atoms with E-state index in [0.29, 0.717) is 0 Å². The second kappa shape index (κ2) is 7.00. The minimum absolute atomic E-state index is 0.117. The molecule has 1 N–H and O–H groups in total. The van der Waals surface area contributed by atoms with Crippen molar-refractivity contribution in [3.63, 3.8) is 0 Å². The lowest BCUT2D eigenvalue weighted by atomic mass is 9.87. The Hall–Kier alpha value is -2.08. The van der Waals surface area contributed by atoms with Crippen molar-refractivity contribution in [1.29, 1.82) is 0 Å². The molecular formula is C17H21N3O2S. The second-order valence-corrected chi connectivity index (χ2v) is 7.37. The quantitative estimate of drug-likeness (QED) is 0.875. The third-order valence-electron chi connectivity index (χ3n) is 3.33. The van der Waals surface area contributed by atoms with Crippen LogP contribution in [0, 0.1) is 0 Å². The highest BCUT2D eigenvalue weighted by atomic mass is 32.2. The molecule has 0 bridgehead atoms. The van der Waals surface area contributed by atoms with Crippen molar-refractivity contribution in [3.05, 3.63) is 52.6 Å². The molecule has 1 heterocycles. The summed E-state index contributed by atoms with van der Waals surface area (Å²) in [4.78, 5) is 28.1. The van der Waals surface area contributed by atoms with Crippen molar-refractivity contribution < 1.29 is 4.79 Å². The van der Waals surface area contributed by atoms with Gasteiger partial charge in [0.2, 0.25) is 5.91 Å². The first-order valence-corrected chi connectivity index (χ1v) is 8.31. The third kappa shape index (κ3) is 4.96. The summed E-state index contributed by atoms with van der Waals surface area (Å²) in [6.45, 7) is 6.50. The van der Waals surface area contributed by atoms with Crippen molar-refractivity contribution in [2.45, 2.75) is 31.1 Å². The Morgan fingerprint density at radius 2 is 1.87 bits per heavy atom. The van der Waals surface area contributed by atoms with Crippen molar-refractivity contribution in [2.24, 2.45) is 7.05 Å². The zero-order chi connectivity index (χ0) is 17.0. The van der Waals surface area contributed by atoms with Crippen LogP contribution in [0.25, 0.3) is 0 Å². The Bertz CT molecular complexity index is 746. The number of hydrogen-bond donors (Lipinski definition) is 1. The molecule has 2 aromatic rings. The van der Waals surface area contributed by atoms with Gasteiger partial charge in [0.25, 0.3) is 0 Å². The number of carbonyl (C=O) groups excluding carboxylic acids is 1. The maximum Gasteiger partial charge on any atom is 0.349 e. The number of aryl methyl sites for hydroxylation is 1. The van der Waals surface area contributed by atoms with E-state index >= 15 is 0 Å². The molecule has 23 heavy (non-hydrogen) atoms. The van der Waals surface area contributed by atoms with Gasteiger partial charge in [-0.05, 0) is 29.2 Å². The number of nitrogens with zero attached hydrogens (tertiary/aromatic N) is 2. The van der Waals surface area contributed by atoms with E-state index in [1.807, 2.05) is 12.1 Å². The number of carbonyl (C=O) groups is 1. The van der Waals surface area contributed by atoms with Gasteiger partial charge in [0.15, 0.2) is 0 Å². The fourth-order valence-electron chi connectivity index (χ4n) is 1.91. The Kier molecular flexibility index (Phi) is 5.26. The number of anilines is 1. The third-order valence-corrected chi connectivity index (χ3v) is 4.34. The van der Waals surface area contributed by atoms with Gasteiger partial charge in [-0.3, -0.25) is 4.79 Å². The van der Waals surface area contributed by atoms with Gasteiger partial charge in [-0.15, -0.1) is 11.8 Å². The molecule has 6 heteroatoms. The standard InChI is InChI=1S/C17H21N3O2S/c1-17(2,3)12-5-7-13(8-6-12)23-11-15(21)18-14-9-10-20(4)16(22)19-14/h5-10H,11H2,1-4H3,(H,18,19,21,22). The highest BCUT2D eigenvalue weighted by molar-refractivity contribution is 8.00. The lowest BCUT2D eigenvalue weighted by Gasteiger charge is -2.19. The van der Waals surface area contributed by atoms with E-state index in [4.69, 9.17) is 0 Å². The van der Waals surface area contributed by atoms with Crippen LogP contribution >= 0.6 is 11.8 Å². The molecule has 122 valence electrons. The molecule has 5 nitrogen and oxygen atoms in total. The smallest absolute Gasteiger partial charge is 0.310 e. The summed E-state index contributed by atoms with van der Waals surface area (Å²) in [5.41, 5.74) is 0.981. The molecule has 2 rings (SSSR count). The van der Waals surface area contributed by atoms with Gasteiger partial charge in [-0.1, -0.05) is 32.9 Å². The highest BCUT2D eigenvalue weighted by Gasteiger charge is 2.13. The van der Waals surface area contributed by atoms with Gasteiger partial charge in [-0.2, -0.15) is 4.98 Å². The average Bonchev–Trinajstić information content (AvgIpc) is 2.48. The molecule has 0 aliphatic carbocycles. The first-order valence-electron chi connectivity index (χ1n) is 7.32.